The van der Waals surface area contributed by atoms with E-state index >= 15 is 0 Å². The Morgan fingerprint density at radius 2 is 1.69 bits per heavy atom. The molecule has 0 bridgehead atoms. The summed E-state index contributed by atoms with van der Waals surface area (Å²) in [5.74, 6) is -0.298. The van der Waals surface area contributed by atoms with E-state index < -0.39 is 6.10 Å². The van der Waals surface area contributed by atoms with Gasteiger partial charge in [-0.1, -0.05) is 59.6 Å². The number of aryl methyl sites for hydroxylation is 1. The molecular formula is C23H38O3. The fourth-order valence-corrected chi connectivity index (χ4v) is 3.46. The van der Waals surface area contributed by atoms with Gasteiger partial charge in [0.05, 0.1) is 11.7 Å². The zero-order chi connectivity index (χ0) is 19.5. The molecule has 0 aliphatic carbocycles. The third-order valence-corrected chi connectivity index (χ3v) is 5.35. The van der Waals surface area contributed by atoms with E-state index in [-0.39, 0.29) is 18.0 Å². The standard InChI is InChI=1S/C23H38O3/c1-6-10-13-18-14-12-16-20(19(18)15-11-7-2)23(25)26-22(9-4)17(5)21(24)8-3/h12,14,16-17,21-22,24H,6-11,13,15H2,1-5H3. The van der Waals surface area contributed by atoms with E-state index in [0.717, 1.165) is 44.1 Å². The molecule has 0 fully saturated rings. The number of rotatable bonds is 12. The molecule has 3 atom stereocenters. The molecule has 1 aromatic rings. The number of benzene rings is 1. The quantitative estimate of drug-likeness (QED) is 0.484. The van der Waals surface area contributed by atoms with Gasteiger partial charge >= 0.3 is 5.97 Å². The monoisotopic (exact) mass is 362 g/mol. The van der Waals surface area contributed by atoms with Gasteiger partial charge in [0, 0.05) is 5.92 Å². The molecule has 148 valence electrons. The molecule has 0 aliphatic heterocycles. The summed E-state index contributed by atoms with van der Waals surface area (Å²) in [5.41, 5.74) is 3.15. The maximum atomic E-state index is 12.9. The van der Waals surface area contributed by atoms with Crippen molar-refractivity contribution in [3.63, 3.8) is 0 Å². The van der Waals surface area contributed by atoms with Crippen LogP contribution in [0.3, 0.4) is 0 Å². The van der Waals surface area contributed by atoms with Gasteiger partial charge in [0.25, 0.3) is 0 Å². The van der Waals surface area contributed by atoms with Gasteiger partial charge in [0.1, 0.15) is 6.10 Å². The topological polar surface area (TPSA) is 46.5 Å². The van der Waals surface area contributed by atoms with Crippen molar-refractivity contribution in [2.75, 3.05) is 0 Å². The van der Waals surface area contributed by atoms with Crippen LogP contribution in [0.25, 0.3) is 0 Å². The van der Waals surface area contributed by atoms with Crippen molar-refractivity contribution in [2.24, 2.45) is 5.92 Å². The van der Waals surface area contributed by atoms with Crippen molar-refractivity contribution in [3.05, 3.63) is 34.9 Å². The normalized spacial score (nSPS) is 14.7. The summed E-state index contributed by atoms with van der Waals surface area (Å²) in [6.07, 6.45) is 7.08. The minimum atomic E-state index is -0.441. The van der Waals surface area contributed by atoms with E-state index in [9.17, 15) is 9.90 Å². The number of carbonyl (C=O) groups is 1. The Morgan fingerprint density at radius 1 is 1.04 bits per heavy atom. The highest BCUT2D eigenvalue weighted by Gasteiger charge is 2.26. The zero-order valence-corrected chi connectivity index (χ0v) is 17.4. The first-order valence-corrected chi connectivity index (χ1v) is 10.5. The van der Waals surface area contributed by atoms with Crippen molar-refractivity contribution >= 4 is 5.97 Å². The number of aliphatic hydroxyl groups excluding tert-OH is 1. The highest BCUT2D eigenvalue weighted by Crippen LogP contribution is 2.24. The van der Waals surface area contributed by atoms with E-state index in [1.54, 1.807) is 0 Å². The lowest BCUT2D eigenvalue weighted by Gasteiger charge is -2.27. The summed E-state index contributed by atoms with van der Waals surface area (Å²) in [4.78, 5) is 12.9. The summed E-state index contributed by atoms with van der Waals surface area (Å²) in [7, 11) is 0. The number of unbranched alkanes of at least 4 members (excludes halogenated alkanes) is 2. The molecule has 3 nitrogen and oxygen atoms in total. The fraction of sp³-hybridized carbons (Fsp3) is 0.696. The Labute approximate surface area is 160 Å². The summed E-state index contributed by atoms with van der Waals surface area (Å²) >= 11 is 0. The van der Waals surface area contributed by atoms with Crippen molar-refractivity contribution in [3.8, 4) is 0 Å². The van der Waals surface area contributed by atoms with Crippen LogP contribution in [-0.2, 0) is 17.6 Å². The van der Waals surface area contributed by atoms with Crippen LogP contribution in [-0.4, -0.2) is 23.3 Å². The highest BCUT2D eigenvalue weighted by molar-refractivity contribution is 5.91. The Bertz CT molecular complexity index is 538. The lowest BCUT2D eigenvalue weighted by molar-refractivity contribution is -0.0154. The average molecular weight is 363 g/mol. The maximum Gasteiger partial charge on any atom is 0.338 e. The lowest BCUT2D eigenvalue weighted by Crippen LogP contribution is -2.33. The van der Waals surface area contributed by atoms with Gasteiger partial charge in [-0.2, -0.15) is 0 Å². The average Bonchev–Trinajstić information content (AvgIpc) is 2.67. The van der Waals surface area contributed by atoms with Crippen LogP contribution in [0.15, 0.2) is 18.2 Å². The van der Waals surface area contributed by atoms with Crippen molar-refractivity contribution in [1.82, 2.24) is 0 Å². The van der Waals surface area contributed by atoms with E-state index in [0.29, 0.717) is 18.4 Å². The molecule has 0 radical (unpaired) electrons. The molecule has 3 unspecified atom stereocenters. The van der Waals surface area contributed by atoms with Gasteiger partial charge in [0.2, 0.25) is 0 Å². The number of aliphatic hydroxyl groups is 1. The molecule has 1 aromatic carbocycles. The van der Waals surface area contributed by atoms with Crippen LogP contribution >= 0.6 is 0 Å². The van der Waals surface area contributed by atoms with Gasteiger partial charge in [-0.15, -0.1) is 0 Å². The number of hydrogen-bond donors (Lipinski definition) is 1. The summed E-state index contributed by atoms with van der Waals surface area (Å²) in [6, 6.07) is 6.02. The van der Waals surface area contributed by atoms with Crippen LogP contribution in [0, 0.1) is 5.92 Å². The summed E-state index contributed by atoms with van der Waals surface area (Å²) < 4.78 is 5.85. The van der Waals surface area contributed by atoms with Gasteiger partial charge in [-0.3, -0.25) is 0 Å². The number of carbonyl (C=O) groups excluding carboxylic acids is 1. The predicted molar refractivity (Wildman–Crippen MR) is 109 cm³/mol. The molecule has 0 spiro atoms. The molecule has 1 N–H and O–H groups in total. The minimum absolute atomic E-state index is 0.0590. The molecule has 0 saturated heterocycles. The first-order chi connectivity index (χ1) is 12.5. The first kappa shape index (κ1) is 22.7. The first-order valence-electron chi connectivity index (χ1n) is 10.5. The van der Waals surface area contributed by atoms with Gasteiger partial charge in [0.15, 0.2) is 0 Å². The molecule has 1 rings (SSSR count). The molecule has 0 saturated carbocycles. The van der Waals surface area contributed by atoms with Crippen molar-refractivity contribution in [2.45, 2.75) is 98.2 Å². The van der Waals surface area contributed by atoms with Crippen LogP contribution in [0.4, 0.5) is 0 Å². The van der Waals surface area contributed by atoms with Gasteiger partial charge < -0.3 is 9.84 Å². The second kappa shape index (κ2) is 12.1. The molecular weight excluding hydrogens is 324 g/mol. The van der Waals surface area contributed by atoms with Crippen LogP contribution in [0.5, 0.6) is 0 Å². The van der Waals surface area contributed by atoms with Crippen molar-refractivity contribution < 1.29 is 14.6 Å². The summed E-state index contributed by atoms with van der Waals surface area (Å²) in [6.45, 7) is 10.3. The van der Waals surface area contributed by atoms with E-state index in [1.165, 1.54) is 5.56 Å². The number of esters is 1. The molecule has 0 aliphatic rings. The summed E-state index contributed by atoms with van der Waals surface area (Å²) in [5, 5.41) is 10.1. The highest BCUT2D eigenvalue weighted by atomic mass is 16.5. The van der Waals surface area contributed by atoms with Gasteiger partial charge in [-0.05, 0) is 55.7 Å². The second-order valence-electron chi connectivity index (χ2n) is 7.34. The molecule has 0 amide bonds. The van der Waals surface area contributed by atoms with Gasteiger partial charge in [-0.25, -0.2) is 4.79 Å². The van der Waals surface area contributed by atoms with Crippen LogP contribution in [0.1, 0.15) is 94.6 Å². The molecule has 0 aromatic heterocycles. The van der Waals surface area contributed by atoms with Crippen molar-refractivity contribution in [1.29, 1.82) is 0 Å². The Kier molecular flexibility index (Phi) is 10.6. The van der Waals surface area contributed by atoms with Crippen LogP contribution in [0.2, 0.25) is 0 Å². The molecule has 3 heteroatoms. The maximum absolute atomic E-state index is 12.9. The smallest absolute Gasteiger partial charge is 0.338 e. The van der Waals surface area contributed by atoms with E-state index in [4.69, 9.17) is 4.74 Å². The number of ether oxygens (including phenoxy) is 1. The second-order valence-corrected chi connectivity index (χ2v) is 7.34. The third-order valence-electron chi connectivity index (χ3n) is 5.35. The minimum Gasteiger partial charge on any atom is -0.458 e. The molecule has 26 heavy (non-hydrogen) atoms. The fourth-order valence-electron chi connectivity index (χ4n) is 3.46. The lowest BCUT2D eigenvalue weighted by atomic mass is 9.92. The van der Waals surface area contributed by atoms with E-state index in [2.05, 4.69) is 19.9 Å². The SMILES string of the molecule is CCCCc1cccc(C(=O)OC(CC)C(C)C(O)CC)c1CCCC. The predicted octanol–water partition coefficient (Wildman–Crippen LogP) is 5.71. The third kappa shape index (κ3) is 6.42. The Balaban J connectivity index is 3.05. The Hall–Kier alpha value is -1.35. The van der Waals surface area contributed by atoms with E-state index in [1.807, 2.05) is 32.9 Å². The number of hydrogen-bond acceptors (Lipinski definition) is 3. The Morgan fingerprint density at radius 3 is 2.27 bits per heavy atom. The zero-order valence-electron chi connectivity index (χ0n) is 17.4. The largest absolute Gasteiger partial charge is 0.458 e. The van der Waals surface area contributed by atoms with Crippen LogP contribution < -0.4 is 0 Å². The molecule has 0 heterocycles.